The lowest BCUT2D eigenvalue weighted by Crippen LogP contribution is -2.37. The molecule has 0 N–H and O–H groups in total. The third-order valence-corrected chi connectivity index (χ3v) is 9.19. The Hall–Kier alpha value is -0.790. The summed E-state index contributed by atoms with van der Waals surface area (Å²) in [6.07, 6.45) is 47.8. The van der Waals surface area contributed by atoms with E-state index < -0.39 is 0 Å². The first-order valence-electron chi connectivity index (χ1n) is 18.9. The Morgan fingerprint density at radius 2 is 0.750 bits per heavy atom. The minimum atomic E-state index is 1.11. The minimum Gasteiger partial charge on any atom is -0.235 e. The highest BCUT2D eigenvalue weighted by molar-refractivity contribution is 4.83. The van der Waals surface area contributed by atoms with Crippen LogP contribution in [0.3, 0.4) is 0 Å². The second kappa shape index (κ2) is 29.7. The first-order valence-corrected chi connectivity index (χ1v) is 18.9. The van der Waals surface area contributed by atoms with Crippen LogP contribution in [0, 0.1) is 0 Å². The van der Waals surface area contributed by atoms with E-state index in [1.807, 2.05) is 0 Å². The van der Waals surface area contributed by atoms with Crippen molar-refractivity contribution < 1.29 is 4.57 Å². The monoisotopic (exact) mass is 560 g/mol. The van der Waals surface area contributed by atoms with E-state index >= 15 is 0 Å². The topological polar surface area (TPSA) is 8.81 Å². The summed E-state index contributed by atoms with van der Waals surface area (Å²) < 4.78 is 5.07. The van der Waals surface area contributed by atoms with Gasteiger partial charge in [0.1, 0.15) is 12.4 Å². The van der Waals surface area contributed by atoms with Crippen LogP contribution in [0.5, 0.6) is 0 Å². The number of unbranched alkanes of at least 4 members (excludes halogenated alkanes) is 27. The predicted molar refractivity (Wildman–Crippen MR) is 179 cm³/mol. The highest BCUT2D eigenvalue weighted by atomic mass is 15.1. The zero-order valence-corrected chi connectivity index (χ0v) is 28.2. The second-order valence-corrected chi connectivity index (χ2v) is 13.0. The maximum Gasteiger partial charge on any atom is 0.256 e. The van der Waals surface area contributed by atoms with Gasteiger partial charge in [0.05, 0.1) is 13.1 Å². The SMILES string of the molecule is CCCCCCCCCCCCCCCCC[n+]1ccn(CC)c1CCCCCCCCCCCCCCCC. The van der Waals surface area contributed by atoms with Gasteiger partial charge in [-0.1, -0.05) is 181 Å². The lowest BCUT2D eigenvalue weighted by Gasteiger charge is -2.06. The molecule has 0 unspecified atom stereocenters. The maximum atomic E-state index is 2.58. The lowest BCUT2D eigenvalue weighted by atomic mass is 10.0. The van der Waals surface area contributed by atoms with Crippen LogP contribution in [0.1, 0.15) is 213 Å². The predicted octanol–water partition coefficient (Wildman–Crippen LogP) is 12.7. The molecule has 0 saturated heterocycles. The van der Waals surface area contributed by atoms with Crippen LogP contribution in [0.2, 0.25) is 0 Å². The fourth-order valence-electron chi connectivity index (χ4n) is 6.41. The van der Waals surface area contributed by atoms with Gasteiger partial charge in [0, 0.05) is 6.42 Å². The standard InChI is InChI=1S/C38H75N2/c1-4-7-9-11-13-15-17-19-21-23-25-27-29-31-33-35-40-37-36-39(6-3)38(40)34-32-30-28-26-24-22-20-18-16-14-12-10-8-5-2/h36-37H,4-35H2,1-3H3/q+1. The summed E-state index contributed by atoms with van der Waals surface area (Å²) in [5, 5.41) is 0. The van der Waals surface area contributed by atoms with Crippen LogP contribution < -0.4 is 4.57 Å². The van der Waals surface area contributed by atoms with Crippen LogP contribution >= 0.6 is 0 Å². The number of hydrogen-bond donors (Lipinski definition) is 0. The van der Waals surface area contributed by atoms with Gasteiger partial charge in [0.15, 0.2) is 0 Å². The molecule has 0 amide bonds. The number of aryl methyl sites for hydroxylation is 2. The van der Waals surface area contributed by atoms with E-state index in [9.17, 15) is 0 Å². The molecule has 0 fully saturated rings. The smallest absolute Gasteiger partial charge is 0.235 e. The molecule has 0 radical (unpaired) electrons. The Morgan fingerprint density at radius 1 is 0.425 bits per heavy atom. The first-order chi connectivity index (χ1) is 19.8. The van der Waals surface area contributed by atoms with Crippen molar-refractivity contribution in [3.63, 3.8) is 0 Å². The van der Waals surface area contributed by atoms with Crippen molar-refractivity contribution in [2.24, 2.45) is 0 Å². The summed E-state index contributed by atoms with van der Waals surface area (Å²) in [5.41, 5.74) is 0. The molecule has 2 heteroatoms. The van der Waals surface area contributed by atoms with Gasteiger partial charge in [0.2, 0.25) is 0 Å². The molecule has 0 atom stereocenters. The van der Waals surface area contributed by atoms with Gasteiger partial charge in [-0.25, -0.2) is 9.13 Å². The van der Waals surface area contributed by atoms with Crippen LogP contribution in [-0.4, -0.2) is 4.57 Å². The van der Waals surface area contributed by atoms with Crippen molar-refractivity contribution in [1.29, 1.82) is 0 Å². The maximum absolute atomic E-state index is 2.58. The summed E-state index contributed by atoms with van der Waals surface area (Å²) in [6, 6.07) is 0. The van der Waals surface area contributed by atoms with E-state index in [1.54, 1.807) is 5.82 Å². The summed E-state index contributed by atoms with van der Waals surface area (Å²) in [4.78, 5) is 0. The van der Waals surface area contributed by atoms with E-state index in [0.717, 1.165) is 6.54 Å². The van der Waals surface area contributed by atoms with Gasteiger partial charge in [-0.2, -0.15) is 0 Å². The molecule has 1 heterocycles. The molecule has 1 rings (SSSR count). The molecule has 0 saturated carbocycles. The van der Waals surface area contributed by atoms with Crippen molar-refractivity contribution in [2.45, 2.75) is 226 Å². The van der Waals surface area contributed by atoms with Gasteiger partial charge < -0.3 is 0 Å². The Balaban J connectivity index is 1.97. The number of nitrogens with zero attached hydrogens (tertiary/aromatic N) is 2. The molecule has 2 nitrogen and oxygen atoms in total. The Kier molecular flexibility index (Phi) is 27.6. The molecule has 40 heavy (non-hydrogen) atoms. The van der Waals surface area contributed by atoms with E-state index in [-0.39, 0.29) is 0 Å². The molecule has 0 bridgehead atoms. The van der Waals surface area contributed by atoms with Gasteiger partial charge >= 0.3 is 0 Å². The average Bonchev–Trinajstić information content (AvgIpc) is 3.36. The molecule has 1 aromatic heterocycles. The van der Waals surface area contributed by atoms with E-state index in [4.69, 9.17) is 0 Å². The zero-order valence-electron chi connectivity index (χ0n) is 28.2. The molecule has 0 aromatic carbocycles. The Labute approximate surface area is 253 Å². The zero-order chi connectivity index (χ0) is 28.8. The highest BCUT2D eigenvalue weighted by Crippen LogP contribution is 2.15. The largest absolute Gasteiger partial charge is 0.256 e. The van der Waals surface area contributed by atoms with Crippen molar-refractivity contribution >= 4 is 0 Å². The molecular formula is C38H75N2+. The number of hydrogen-bond acceptors (Lipinski definition) is 0. The highest BCUT2D eigenvalue weighted by Gasteiger charge is 2.15. The van der Waals surface area contributed by atoms with Crippen molar-refractivity contribution in [2.75, 3.05) is 0 Å². The third-order valence-electron chi connectivity index (χ3n) is 9.19. The van der Waals surface area contributed by atoms with Crippen molar-refractivity contribution in [1.82, 2.24) is 4.57 Å². The molecule has 0 aliphatic carbocycles. The Bertz CT molecular complexity index is 619. The summed E-state index contributed by atoms with van der Waals surface area (Å²) in [5.74, 6) is 1.58. The summed E-state index contributed by atoms with van der Waals surface area (Å²) >= 11 is 0. The molecule has 0 aliphatic rings. The number of rotatable bonds is 32. The fraction of sp³-hybridized carbons (Fsp3) is 0.921. The van der Waals surface area contributed by atoms with Crippen molar-refractivity contribution in [3.8, 4) is 0 Å². The quantitative estimate of drug-likeness (QED) is 0.0613. The molecular weight excluding hydrogens is 484 g/mol. The van der Waals surface area contributed by atoms with Gasteiger partial charge in [0.25, 0.3) is 5.82 Å². The minimum absolute atomic E-state index is 1.11. The third kappa shape index (κ3) is 21.9. The summed E-state index contributed by atoms with van der Waals surface area (Å²) in [6.45, 7) is 9.24. The first kappa shape index (κ1) is 37.2. The summed E-state index contributed by atoms with van der Waals surface area (Å²) in [7, 11) is 0. The Morgan fingerprint density at radius 3 is 1.10 bits per heavy atom. The van der Waals surface area contributed by atoms with E-state index in [2.05, 4.69) is 42.3 Å². The van der Waals surface area contributed by atoms with Gasteiger partial charge in [-0.3, -0.25) is 0 Å². The number of imidazole rings is 1. The number of aromatic nitrogens is 2. The molecule has 1 aromatic rings. The molecule has 0 aliphatic heterocycles. The van der Waals surface area contributed by atoms with Crippen molar-refractivity contribution in [3.05, 3.63) is 18.2 Å². The molecule has 236 valence electrons. The normalized spacial score (nSPS) is 11.6. The molecule has 0 spiro atoms. The van der Waals surface area contributed by atoms with Crippen LogP contribution in [0.15, 0.2) is 12.4 Å². The fourth-order valence-corrected chi connectivity index (χ4v) is 6.41. The average molecular weight is 560 g/mol. The van der Waals surface area contributed by atoms with Crippen LogP contribution in [0.25, 0.3) is 0 Å². The lowest BCUT2D eigenvalue weighted by molar-refractivity contribution is -0.704. The van der Waals surface area contributed by atoms with Crippen LogP contribution in [0.4, 0.5) is 0 Å². The second-order valence-electron chi connectivity index (χ2n) is 13.0. The van der Waals surface area contributed by atoms with E-state index in [1.165, 1.54) is 199 Å². The van der Waals surface area contributed by atoms with Gasteiger partial charge in [-0.15, -0.1) is 0 Å². The van der Waals surface area contributed by atoms with Crippen LogP contribution in [-0.2, 0) is 19.5 Å². The van der Waals surface area contributed by atoms with E-state index in [0.29, 0.717) is 0 Å². The van der Waals surface area contributed by atoms with Gasteiger partial charge in [-0.05, 0) is 26.2 Å².